The van der Waals surface area contributed by atoms with Gasteiger partial charge in [-0.05, 0) is 35.9 Å². The van der Waals surface area contributed by atoms with Crippen molar-refractivity contribution in [3.63, 3.8) is 0 Å². The van der Waals surface area contributed by atoms with Crippen LogP contribution in [-0.4, -0.2) is 19.7 Å². The molecule has 5 nitrogen and oxygen atoms in total. The molecular weight excluding hydrogens is 355 g/mol. The highest BCUT2D eigenvalue weighted by atomic mass is 19.1. The molecule has 3 heterocycles. The van der Waals surface area contributed by atoms with Gasteiger partial charge in [-0.3, -0.25) is 14.5 Å². The largest absolute Gasteiger partial charge is 0.277 e. The molecular formula is C22H15FN4O. The number of fused-ring (bicyclic) bond motifs is 3. The third kappa shape index (κ3) is 2.58. The molecule has 0 radical (unpaired) electrons. The third-order valence-electron chi connectivity index (χ3n) is 4.81. The summed E-state index contributed by atoms with van der Waals surface area (Å²) in [6.45, 7) is 0. The first kappa shape index (κ1) is 16.4. The van der Waals surface area contributed by atoms with E-state index < -0.39 is 5.82 Å². The summed E-state index contributed by atoms with van der Waals surface area (Å²) in [5.74, 6) is -0.412. The van der Waals surface area contributed by atoms with E-state index in [1.165, 1.54) is 16.7 Å². The Labute approximate surface area is 159 Å². The van der Waals surface area contributed by atoms with Crippen LogP contribution in [-0.2, 0) is 6.42 Å². The van der Waals surface area contributed by atoms with Crippen LogP contribution in [0.25, 0.3) is 27.6 Å². The first-order chi connectivity index (χ1) is 13.7. The van der Waals surface area contributed by atoms with E-state index in [9.17, 15) is 9.18 Å². The van der Waals surface area contributed by atoms with Gasteiger partial charge in [0.2, 0.25) is 0 Å². The van der Waals surface area contributed by atoms with Crippen molar-refractivity contribution in [3.8, 4) is 5.69 Å². The minimum Gasteiger partial charge on any atom is -0.277 e. The van der Waals surface area contributed by atoms with E-state index in [0.717, 1.165) is 10.9 Å². The van der Waals surface area contributed by atoms with Gasteiger partial charge in [0, 0.05) is 18.0 Å². The lowest BCUT2D eigenvalue weighted by Crippen LogP contribution is -2.20. The predicted octanol–water partition coefficient (Wildman–Crippen LogP) is 3.99. The number of nitrogens with zero attached hydrogens (tertiary/aromatic N) is 3. The molecule has 6 heteroatoms. The Balaban J connectivity index is 1.85. The van der Waals surface area contributed by atoms with Gasteiger partial charge in [0.1, 0.15) is 11.5 Å². The fourth-order valence-electron chi connectivity index (χ4n) is 3.55. The number of nitrogens with one attached hydrogen (secondary N) is 1. The van der Waals surface area contributed by atoms with Gasteiger partial charge in [0.05, 0.1) is 22.3 Å². The minimum absolute atomic E-state index is 0.272. The second kappa shape index (κ2) is 6.42. The van der Waals surface area contributed by atoms with E-state index in [1.807, 2.05) is 36.4 Å². The predicted molar refractivity (Wildman–Crippen MR) is 106 cm³/mol. The highest BCUT2D eigenvalue weighted by Gasteiger charge is 2.19. The molecule has 0 aliphatic heterocycles. The molecule has 5 rings (SSSR count). The summed E-state index contributed by atoms with van der Waals surface area (Å²) in [5.41, 5.74) is 2.97. The number of pyridine rings is 2. The van der Waals surface area contributed by atoms with Gasteiger partial charge in [0.25, 0.3) is 5.56 Å². The summed E-state index contributed by atoms with van der Waals surface area (Å²) < 4.78 is 15.3. The van der Waals surface area contributed by atoms with Gasteiger partial charge >= 0.3 is 0 Å². The number of H-pyrrole nitrogens is 1. The Kier molecular flexibility index (Phi) is 3.76. The second-order valence-electron chi connectivity index (χ2n) is 6.58. The maximum atomic E-state index is 13.9. The zero-order valence-corrected chi connectivity index (χ0v) is 14.8. The van der Waals surface area contributed by atoms with Gasteiger partial charge in [-0.25, -0.2) is 9.37 Å². The van der Waals surface area contributed by atoms with Gasteiger partial charge in [-0.1, -0.05) is 36.4 Å². The minimum atomic E-state index is -0.412. The molecule has 5 aromatic rings. The smallest absolute Gasteiger partial charge is 0.268 e. The van der Waals surface area contributed by atoms with Crippen molar-refractivity contribution in [1.82, 2.24) is 19.7 Å². The molecule has 3 aromatic heterocycles. The van der Waals surface area contributed by atoms with E-state index >= 15 is 0 Å². The zero-order valence-electron chi connectivity index (χ0n) is 14.8. The normalized spacial score (nSPS) is 11.3. The van der Waals surface area contributed by atoms with E-state index in [0.29, 0.717) is 34.4 Å². The van der Waals surface area contributed by atoms with E-state index in [-0.39, 0.29) is 5.56 Å². The number of benzene rings is 2. The van der Waals surface area contributed by atoms with Crippen LogP contribution in [0, 0.1) is 5.82 Å². The number of halogens is 1. The van der Waals surface area contributed by atoms with Crippen LogP contribution >= 0.6 is 0 Å². The van der Waals surface area contributed by atoms with Crippen LogP contribution in [0.5, 0.6) is 0 Å². The quantitative estimate of drug-likeness (QED) is 0.522. The van der Waals surface area contributed by atoms with Crippen molar-refractivity contribution in [2.45, 2.75) is 6.42 Å². The summed E-state index contributed by atoms with van der Waals surface area (Å²) in [7, 11) is 0. The molecule has 1 N–H and O–H groups in total. The number of hydrogen-bond acceptors (Lipinski definition) is 3. The number of aromatic amines is 1. The van der Waals surface area contributed by atoms with Crippen molar-refractivity contribution in [2.24, 2.45) is 0 Å². The molecule has 0 saturated carbocycles. The monoisotopic (exact) mass is 370 g/mol. The van der Waals surface area contributed by atoms with Gasteiger partial charge in [0.15, 0.2) is 0 Å². The van der Waals surface area contributed by atoms with Crippen LogP contribution in [0.2, 0.25) is 0 Å². The molecule has 28 heavy (non-hydrogen) atoms. The molecule has 0 spiro atoms. The molecule has 0 saturated heterocycles. The summed E-state index contributed by atoms with van der Waals surface area (Å²) in [4.78, 5) is 17.9. The van der Waals surface area contributed by atoms with Gasteiger partial charge in [-0.2, -0.15) is 5.10 Å². The highest BCUT2D eigenvalue weighted by molar-refractivity contribution is 6.03. The Morgan fingerprint density at radius 3 is 2.68 bits per heavy atom. The number of aromatic nitrogens is 4. The summed E-state index contributed by atoms with van der Waals surface area (Å²) in [5, 5.41) is 8.67. The summed E-state index contributed by atoms with van der Waals surface area (Å²) in [6, 6.07) is 19.5. The SMILES string of the molecule is O=c1c2c(Cc3ccccc3)n[nH]c2c2cccnc2n1-c1cccc(F)c1. The average Bonchev–Trinajstić information content (AvgIpc) is 3.13. The lowest BCUT2D eigenvalue weighted by molar-refractivity contribution is 0.626. The van der Waals surface area contributed by atoms with Crippen LogP contribution in [0.1, 0.15) is 11.3 Å². The van der Waals surface area contributed by atoms with Crippen molar-refractivity contribution in [2.75, 3.05) is 0 Å². The third-order valence-corrected chi connectivity index (χ3v) is 4.81. The van der Waals surface area contributed by atoms with Crippen LogP contribution in [0.15, 0.2) is 77.7 Å². The van der Waals surface area contributed by atoms with Gasteiger partial charge in [-0.15, -0.1) is 0 Å². The van der Waals surface area contributed by atoms with Crippen LogP contribution in [0.3, 0.4) is 0 Å². The molecule has 0 aliphatic rings. The Bertz CT molecular complexity index is 1370. The van der Waals surface area contributed by atoms with Crippen molar-refractivity contribution < 1.29 is 4.39 Å². The fourth-order valence-corrected chi connectivity index (χ4v) is 3.55. The van der Waals surface area contributed by atoms with Crippen molar-refractivity contribution in [3.05, 3.63) is 100 Å². The zero-order chi connectivity index (χ0) is 19.1. The maximum absolute atomic E-state index is 13.9. The highest BCUT2D eigenvalue weighted by Crippen LogP contribution is 2.25. The lowest BCUT2D eigenvalue weighted by Gasteiger charge is -2.11. The molecule has 0 unspecified atom stereocenters. The number of hydrogen-bond donors (Lipinski definition) is 1. The molecule has 136 valence electrons. The van der Waals surface area contributed by atoms with E-state index in [2.05, 4.69) is 15.2 Å². The Hall–Kier alpha value is -3.80. The Morgan fingerprint density at radius 1 is 1.00 bits per heavy atom. The maximum Gasteiger partial charge on any atom is 0.268 e. The first-order valence-corrected chi connectivity index (χ1v) is 8.89. The van der Waals surface area contributed by atoms with E-state index in [1.54, 1.807) is 24.4 Å². The first-order valence-electron chi connectivity index (χ1n) is 8.89. The Morgan fingerprint density at radius 2 is 1.86 bits per heavy atom. The van der Waals surface area contributed by atoms with E-state index in [4.69, 9.17) is 0 Å². The molecule has 2 aromatic carbocycles. The second-order valence-corrected chi connectivity index (χ2v) is 6.58. The standard InChI is InChI=1S/C22H15FN4O/c23-15-8-4-9-16(13-15)27-21-17(10-5-11-24-21)20-19(22(27)28)18(25-26-20)12-14-6-2-1-3-7-14/h1-11,13H,12H2,(H,25,26). The van der Waals surface area contributed by atoms with Crippen molar-refractivity contribution in [1.29, 1.82) is 0 Å². The fraction of sp³-hybridized carbons (Fsp3) is 0.0455. The van der Waals surface area contributed by atoms with Crippen molar-refractivity contribution >= 4 is 21.9 Å². The number of rotatable bonds is 3. The van der Waals surface area contributed by atoms with Crippen LogP contribution in [0.4, 0.5) is 4.39 Å². The topological polar surface area (TPSA) is 63.6 Å². The molecule has 0 fully saturated rings. The van der Waals surface area contributed by atoms with Crippen LogP contribution < -0.4 is 5.56 Å². The molecule has 0 amide bonds. The summed E-state index contributed by atoms with van der Waals surface area (Å²) >= 11 is 0. The molecule has 0 aliphatic carbocycles. The summed E-state index contributed by atoms with van der Waals surface area (Å²) in [6.07, 6.45) is 2.13. The van der Waals surface area contributed by atoms with Gasteiger partial charge < -0.3 is 0 Å². The lowest BCUT2D eigenvalue weighted by atomic mass is 10.1. The molecule has 0 bridgehead atoms. The average molecular weight is 370 g/mol. The molecule has 0 atom stereocenters.